The number of hydrogen-bond donors (Lipinski definition) is 3. The third-order valence-electron chi connectivity index (χ3n) is 1.95. The largest absolute Gasteiger partial charge is 0.435 e. The molecule has 1 rings (SSSR count). The summed E-state index contributed by atoms with van der Waals surface area (Å²) in [6.45, 7) is 0.0744. The maximum Gasteiger partial charge on any atom is 0.295 e. The summed E-state index contributed by atoms with van der Waals surface area (Å²) in [5.74, 6) is 0. The molecule has 0 bridgehead atoms. The fourth-order valence-electron chi connectivity index (χ4n) is 1.18. The molecule has 0 radical (unpaired) electrons. The summed E-state index contributed by atoms with van der Waals surface area (Å²) in [5.41, 5.74) is 0. The van der Waals surface area contributed by atoms with Gasteiger partial charge < -0.3 is 29.5 Å². The summed E-state index contributed by atoms with van der Waals surface area (Å²) >= 11 is 0. The van der Waals surface area contributed by atoms with Crippen LogP contribution in [0.4, 0.5) is 0 Å². The van der Waals surface area contributed by atoms with Gasteiger partial charge in [-0.1, -0.05) is 0 Å². The molecule has 82 valence electrons. The Bertz CT molecular complexity index is 194. The van der Waals surface area contributed by atoms with Crippen molar-refractivity contribution in [2.45, 2.75) is 30.9 Å². The van der Waals surface area contributed by atoms with Crippen LogP contribution >= 0.6 is 0 Å². The number of carbonyl (C=O) groups is 1. The number of hydrogen-bond acceptors (Lipinski definition) is 7. The number of rotatable bonds is 3. The molecule has 3 N–H and O–H groups in total. The van der Waals surface area contributed by atoms with Crippen LogP contribution < -0.4 is 0 Å². The highest BCUT2D eigenvalue weighted by Crippen LogP contribution is 2.21. The Morgan fingerprint density at radius 1 is 1.14 bits per heavy atom. The molecule has 0 spiro atoms. The van der Waals surface area contributed by atoms with Crippen LogP contribution in [-0.4, -0.2) is 59.8 Å². The predicted molar refractivity (Wildman–Crippen MR) is 40.8 cm³/mol. The highest BCUT2D eigenvalue weighted by Gasteiger charge is 2.45. The lowest BCUT2D eigenvalue weighted by Crippen LogP contribution is -2.58. The van der Waals surface area contributed by atoms with Crippen molar-refractivity contribution >= 4 is 6.47 Å². The maximum atomic E-state index is 10.0. The number of aliphatic hydroxyl groups excluding tert-OH is 3. The first-order valence-corrected chi connectivity index (χ1v) is 3.93. The van der Waals surface area contributed by atoms with E-state index >= 15 is 0 Å². The minimum Gasteiger partial charge on any atom is -0.435 e. The van der Waals surface area contributed by atoms with Gasteiger partial charge in [-0.25, -0.2) is 0 Å². The molecule has 1 fully saturated rings. The first-order valence-electron chi connectivity index (χ1n) is 3.93. The molecule has 0 aliphatic carbocycles. The lowest BCUT2D eigenvalue weighted by molar-refractivity contribution is -0.334. The van der Waals surface area contributed by atoms with Gasteiger partial charge in [0, 0.05) is 7.11 Å². The van der Waals surface area contributed by atoms with E-state index in [1.54, 1.807) is 0 Å². The van der Waals surface area contributed by atoms with Gasteiger partial charge in [0.25, 0.3) is 6.47 Å². The average molecular weight is 208 g/mol. The Morgan fingerprint density at radius 2 is 1.71 bits per heavy atom. The highest BCUT2D eigenvalue weighted by molar-refractivity contribution is 5.37. The molecule has 0 amide bonds. The summed E-state index contributed by atoms with van der Waals surface area (Å²) in [7, 11) is 1.25. The van der Waals surface area contributed by atoms with Crippen molar-refractivity contribution in [3.8, 4) is 0 Å². The van der Waals surface area contributed by atoms with Gasteiger partial charge in [-0.3, -0.25) is 4.79 Å². The van der Waals surface area contributed by atoms with Crippen molar-refractivity contribution in [1.82, 2.24) is 0 Å². The Labute approximate surface area is 79.8 Å². The van der Waals surface area contributed by atoms with Gasteiger partial charge in [0.1, 0.15) is 18.3 Å². The summed E-state index contributed by atoms with van der Waals surface area (Å²) < 4.78 is 13.8. The molecule has 1 aliphatic heterocycles. The van der Waals surface area contributed by atoms with Crippen LogP contribution in [0.1, 0.15) is 0 Å². The molecule has 7 heteroatoms. The SMILES string of the molecule is COC1OC(OC=O)C(O)C(O)C1O. The van der Waals surface area contributed by atoms with Crippen LogP contribution in [0.15, 0.2) is 0 Å². The molecule has 0 aromatic rings. The monoisotopic (exact) mass is 208 g/mol. The van der Waals surface area contributed by atoms with Crippen LogP contribution in [0, 0.1) is 0 Å². The van der Waals surface area contributed by atoms with Gasteiger partial charge in [-0.05, 0) is 0 Å². The second-order valence-electron chi connectivity index (χ2n) is 2.81. The van der Waals surface area contributed by atoms with Crippen molar-refractivity contribution in [2.75, 3.05) is 7.11 Å². The first kappa shape index (κ1) is 11.3. The molecule has 14 heavy (non-hydrogen) atoms. The number of aliphatic hydroxyl groups is 3. The molecule has 5 atom stereocenters. The summed E-state index contributed by atoms with van der Waals surface area (Å²) in [6, 6.07) is 0. The molecule has 1 saturated heterocycles. The van der Waals surface area contributed by atoms with E-state index in [2.05, 4.69) is 9.47 Å². The van der Waals surface area contributed by atoms with Gasteiger partial charge in [0.15, 0.2) is 6.29 Å². The highest BCUT2D eigenvalue weighted by atomic mass is 16.8. The summed E-state index contributed by atoms with van der Waals surface area (Å²) in [5, 5.41) is 27.9. The van der Waals surface area contributed by atoms with E-state index in [1.165, 1.54) is 7.11 Å². The lowest BCUT2D eigenvalue weighted by atomic mass is 10.0. The molecule has 0 saturated carbocycles. The first-order chi connectivity index (χ1) is 6.61. The molecule has 1 aliphatic rings. The Morgan fingerprint density at radius 3 is 2.21 bits per heavy atom. The average Bonchev–Trinajstić information content (AvgIpc) is 2.19. The zero-order valence-electron chi connectivity index (χ0n) is 7.44. The van der Waals surface area contributed by atoms with Crippen LogP contribution in [0.5, 0.6) is 0 Å². The molecular formula is C7H12O7. The minimum atomic E-state index is -1.50. The number of methoxy groups -OCH3 is 1. The predicted octanol–water partition coefficient (Wildman–Crippen LogP) is -2.43. The van der Waals surface area contributed by atoms with Crippen molar-refractivity contribution in [3.05, 3.63) is 0 Å². The van der Waals surface area contributed by atoms with Gasteiger partial charge in [0.05, 0.1) is 0 Å². The smallest absolute Gasteiger partial charge is 0.295 e. The van der Waals surface area contributed by atoms with Crippen LogP contribution in [-0.2, 0) is 19.0 Å². The van der Waals surface area contributed by atoms with Gasteiger partial charge in [-0.15, -0.1) is 0 Å². The van der Waals surface area contributed by atoms with E-state index in [0.717, 1.165) is 0 Å². The lowest BCUT2D eigenvalue weighted by Gasteiger charge is -2.38. The molecule has 5 unspecified atom stereocenters. The topological polar surface area (TPSA) is 105 Å². The van der Waals surface area contributed by atoms with Crippen molar-refractivity contribution in [3.63, 3.8) is 0 Å². The number of ether oxygens (including phenoxy) is 3. The zero-order chi connectivity index (χ0) is 10.7. The maximum absolute atomic E-state index is 10.0. The van der Waals surface area contributed by atoms with Gasteiger partial charge in [-0.2, -0.15) is 0 Å². The second kappa shape index (κ2) is 4.67. The van der Waals surface area contributed by atoms with E-state index in [0.29, 0.717) is 0 Å². The van der Waals surface area contributed by atoms with E-state index in [1.807, 2.05) is 0 Å². The zero-order valence-corrected chi connectivity index (χ0v) is 7.44. The minimum absolute atomic E-state index is 0.0744. The summed E-state index contributed by atoms with van der Waals surface area (Å²) in [6.07, 6.45) is -6.85. The fourth-order valence-corrected chi connectivity index (χ4v) is 1.18. The van der Waals surface area contributed by atoms with Crippen LogP contribution in [0.2, 0.25) is 0 Å². The van der Waals surface area contributed by atoms with Crippen molar-refractivity contribution in [1.29, 1.82) is 0 Å². The van der Waals surface area contributed by atoms with E-state index in [9.17, 15) is 20.1 Å². The molecule has 0 aromatic carbocycles. The number of carbonyl (C=O) groups excluding carboxylic acids is 1. The Balaban J connectivity index is 2.67. The summed E-state index contributed by atoms with van der Waals surface area (Å²) in [4.78, 5) is 10.0. The van der Waals surface area contributed by atoms with E-state index in [4.69, 9.17) is 4.74 Å². The van der Waals surface area contributed by atoms with Gasteiger partial charge >= 0.3 is 0 Å². The van der Waals surface area contributed by atoms with Gasteiger partial charge in [0.2, 0.25) is 6.29 Å². The van der Waals surface area contributed by atoms with E-state index in [-0.39, 0.29) is 6.47 Å². The Kier molecular flexibility index (Phi) is 3.78. The normalized spacial score (nSPS) is 43.3. The molecule has 7 nitrogen and oxygen atoms in total. The standard InChI is InChI=1S/C7H12O7/c1-12-6-4(10)3(9)5(11)7(14-6)13-2-8/h2-7,9-11H,1H3. The molecule has 0 aromatic heterocycles. The van der Waals surface area contributed by atoms with Crippen LogP contribution in [0.3, 0.4) is 0 Å². The molecule has 1 heterocycles. The third-order valence-corrected chi connectivity index (χ3v) is 1.95. The quantitative estimate of drug-likeness (QED) is 0.443. The Hall–Kier alpha value is -0.730. The van der Waals surface area contributed by atoms with E-state index < -0.39 is 30.9 Å². The fraction of sp³-hybridized carbons (Fsp3) is 0.857. The van der Waals surface area contributed by atoms with Crippen molar-refractivity contribution in [2.24, 2.45) is 0 Å². The van der Waals surface area contributed by atoms with Crippen molar-refractivity contribution < 1.29 is 34.3 Å². The molecular weight excluding hydrogens is 196 g/mol. The third kappa shape index (κ3) is 2.02. The second-order valence-corrected chi connectivity index (χ2v) is 2.81. The van der Waals surface area contributed by atoms with Crippen LogP contribution in [0.25, 0.3) is 0 Å².